The van der Waals surface area contributed by atoms with Crippen LogP contribution >= 0.6 is 0 Å². The Balaban J connectivity index is 1.58. The van der Waals surface area contributed by atoms with Crippen LogP contribution in [-0.4, -0.2) is 96.5 Å². The average Bonchev–Trinajstić information content (AvgIpc) is 3.18. The van der Waals surface area contributed by atoms with Crippen LogP contribution in [0.25, 0.3) is 0 Å². The molecule has 2 aliphatic heterocycles. The first-order valence-electron chi connectivity index (χ1n) is 12.9. The van der Waals surface area contributed by atoms with Crippen molar-refractivity contribution in [2.75, 3.05) is 53.0 Å². The number of nitrogens with zero attached hydrogens (tertiary/aromatic N) is 4. The van der Waals surface area contributed by atoms with Gasteiger partial charge in [0.1, 0.15) is 11.9 Å². The number of hydrogen-bond donors (Lipinski definition) is 1. The van der Waals surface area contributed by atoms with Gasteiger partial charge in [-0.3, -0.25) is 24.6 Å². The van der Waals surface area contributed by atoms with Crippen molar-refractivity contribution in [3.05, 3.63) is 75.6 Å². The lowest BCUT2D eigenvalue weighted by molar-refractivity contribution is -0.384. The molecule has 0 spiro atoms. The molecule has 2 fully saturated rings. The van der Waals surface area contributed by atoms with Crippen molar-refractivity contribution < 1.29 is 23.6 Å². The first-order chi connectivity index (χ1) is 18.4. The number of halogens is 1. The number of nitro benzene ring substituents is 1. The van der Waals surface area contributed by atoms with Crippen LogP contribution in [0.5, 0.6) is 0 Å². The highest BCUT2D eigenvalue weighted by atomic mass is 19.1. The largest absolute Gasteiger partial charge is 0.383 e. The number of rotatable bonds is 9. The van der Waals surface area contributed by atoms with E-state index in [1.807, 2.05) is 4.90 Å². The second kappa shape index (κ2) is 12.9. The lowest BCUT2D eigenvalue weighted by atomic mass is 10.1. The Labute approximate surface area is 221 Å². The molecule has 2 atom stereocenters. The number of likely N-dealkylation sites (tertiary alicyclic amines) is 1. The maximum absolute atomic E-state index is 13.7. The van der Waals surface area contributed by atoms with Gasteiger partial charge >= 0.3 is 0 Å². The van der Waals surface area contributed by atoms with Gasteiger partial charge in [-0.05, 0) is 49.2 Å². The van der Waals surface area contributed by atoms with Gasteiger partial charge < -0.3 is 19.9 Å². The van der Waals surface area contributed by atoms with Crippen LogP contribution in [0.2, 0.25) is 0 Å². The number of amides is 2. The molecule has 2 heterocycles. The predicted octanol–water partition coefficient (Wildman–Crippen LogP) is 2.29. The third-order valence-corrected chi connectivity index (χ3v) is 7.20. The van der Waals surface area contributed by atoms with E-state index >= 15 is 0 Å². The molecule has 1 N–H and O–H groups in total. The van der Waals surface area contributed by atoms with Crippen LogP contribution in [-0.2, 0) is 16.1 Å². The van der Waals surface area contributed by atoms with Gasteiger partial charge in [-0.25, -0.2) is 4.39 Å². The molecule has 10 nitrogen and oxygen atoms in total. The van der Waals surface area contributed by atoms with Gasteiger partial charge in [0.05, 0.1) is 11.5 Å². The van der Waals surface area contributed by atoms with Crippen molar-refractivity contribution in [3.8, 4) is 0 Å². The third-order valence-electron chi connectivity index (χ3n) is 7.20. The van der Waals surface area contributed by atoms with Crippen LogP contribution in [0.4, 0.5) is 10.1 Å². The fourth-order valence-electron chi connectivity index (χ4n) is 5.13. The molecule has 2 aromatic carbocycles. The van der Waals surface area contributed by atoms with E-state index in [2.05, 4.69) is 10.2 Å². The number of ether oxygens (including phenoxy) is 1. The summed E-state index contributed by atoms with van der Waals surface area (Å²) < 4.78 is 18.9. The molecule has 4 rings (SSSR count). The minimum absolute atomic E-state index is 0.0201. The highest BCUT2D eigenvalue weighted by Gasteiger charge is 2.43. The maximum atomic E-state index is 13.7. The lowest BCUT2D eigenvalue weighted by Crippen LogP contribution is -2.48. The van der Waals surface area contributed by atoms with Crippen LogP contribution < -0.4 is 5.32 Å². The second-order valence-electron chi connectivity index (χ2n) is 9.69. The summed E-state index contributed by atoms with van der Waals surface area (Å²) in [5, 5.41) is 14.4. The molecule has 0 aromatic heterocycles. The van der Waals surface area contributed by atoms with E-state index in [0.717, 1.165) is 18.5 Å². The quantitative estimate of drug-likeness (QED) is 0.394. The zero-order chi connectivity index (χ0) is 27.1. The monoisotopic (exact) mass is 527 g/mol. The summed E-state index contributed by atoms with van der Waals surface area (Å²) in [6, 6.07) is 11.0. The molecule has 0 saturated carbocycles. The van der Waals surface area contributed by atoms with Crippen molar-refractivity contribution in [2.45, 2.75) is 31.5 Å². The van der Waals surface area contributed by atoms with Gasteiger partial charge in [-0.2, -0.15) is 0 Å². The Bertz CT molecular complexity index is 1110. The van der Waals surface area contributed by atoms with E-state index < -0.39 is 16.8 Å². The van der Waals surface area contributed by atoms with Crippen molar-refractivity contribution in [2.24, 2.45) is 0 Å². The van der Waals surface area contributed by atoms with E-state index in [0.29, 0.717) is 57.9 Å². The van der Waals surface area contributed by atoms with Gasteiger partial charge in [0, 0.05) is 70.1 Å². The van der Waals surface area contributed by atoms with Crippen molar-refractivity contribution in [1.82, 2.24) is 20.0 Å². The van der Waals surface area contributed by atoms with Gasteiger partial charge in [0.25, 0.3) is 11.6 Å². The summed E-state index contributed by atoms with van der Waals surface area (Å²) in [4.78, 5) is 43.5. The van der Waals surface area contributed by atoms with Gasteiger partial charge in [-0.1, -0.05) is 12.1 Å². The molecule has 204 valence electrons. The first kappa shape index (κ1) is 27.6. The number of benzene rings is 2. The SMILES string of the molecule is COCCN(Cc1ccc([N+](=O)[O-])cc1)C1CC(C(=O)N2CCCNCC2)N(C(=O)c2ccc(F)cc2)C1. The first-order valence-corrected chi connectivity index (χ1v) is 12.9. The number of nitro groups is 1. The molecule has 38 heavy (non-hydrogen) atoms. The molecular formula is C27H34FN5O5. The van der Waals surface area contributed by atoms with Crippen LogP contribution in [0.15, 0.2) is 48.5 Å². The summed E-state index contributed by atoms with van der Waals surface area (Å²) in [6.45, 7) is 4.57. The second-order valence-corrected chi connectivity index (χ2v) is 9.69. The summed E-state index contributed by atoms with van der Waals surface area (Å²) in [6.07, 6.45) is 1.29. The van der Waals surface area contributed by atoms with E-state index in [1.54, 1.807) is 24.1 Å². The Morgan fingerprint density at radius 3 is 2.55 bits per heavy atom. The van der Waals surface area contributed by atoms with E-state index in [9.17, 15) is 24.1 Å². The lowest BCUT2D eigenvalue weighted by Gasteiger charge is -2.29. The normalized spacial score (nSPS) is 20.0. The highest BCUT2D eigenvalue weighted by Crippen LogP contribution is 2.28. The van der Waals surface area contributed by atoms with Crippen molar-refractivity contribution in [1.29, 1.82) is 0 Å². The van der Waals surface area contributed by atoms with Crippen LogP contribution in [0, 0.1) is 15.9 Å². The molecule has 2 amide bonds. The van der Waals surface area contributed by atoms with Crippen molar-refractivity contribution >= 4 is 17.5 Å². The zero-order valence-electron chi connectivity index (χ0n) is 21.6. The maximum Gasteiger partial charge on any atom is 0.269 e. The zero-order valence-corrected chi connectivity index (χ0v) is 21.6. The molecular weight excluding hydrogens is 493 g/mol. The topological polar surface area (TPSA) is 108 Å². The number of methoxy groups -OCH3 is 1. The smallest absolute Gasteiger partial charge is 0.269 e. The summed E-state index contributed by atoms with van der Waals surface area (Å²) in [7, 11) is 1.61. The highest BCUT2D eigenvalue weighted by molar-refractivity contribution is 5.98. The minimum Gasteiger partial charge on any atom is -0.383 e. The molecule has 2 aromatic rings. The Morgan fingerprint density at radius 2 is 1.87 bits per heavy atom. The van der Waals surface area contributed by atoms with Gasteiger partial charge in [0.2, 0.25) is 5.91 Å². The Hall–Kier alpha value is -3.41. The molecule has 0 bridgehead atoms. The molecule has 0 radical (unpaired) electrons. The molecule has 2 aliphatic rings. The van der Waals surface area contributed by atoms with Crippen LogP contribution in [0.1, 0.15) is 28.8 Å². The fraction of sp³-hybridized carbons (Fsp3) is 0.481. The summed E-state index contributed by atoms with van der Waals surface area (Å²) in [5.41, 5.74) is 1.24. The van der Waals surface area contributed by atoms with Gasteiger partial charge in [-0.15, -0.1) is 0 Å². The molecule has 0 aliphatic carbocycles. The van der Waals surface area contributed by atoms with E-state index in [4.69, 9.17) is 4.74 Å². The number of carbonyl (C=O) groups excluding carboxylic acids is 2. The fourth-order valence-corrected chi connectivity index (χ4v) is 5.13. The predicted molar refractivity (Wildman–Crippen MR) is 139 cm³/mol. The molecule has 2 unspecified atom stereocenters. The number of non-ortho nitro benzene ring substituents is 1. The Kier molecular flexibility index (Phi) is 9.38. The summed E-state index contributed by atoms with van der Waals surface area (Å²) >= 11 is 0. The Morgan fingerprint density at radius 1 is 1.13 bits per heavy atom. The van der Waals surface area contributed by atoms with Crippen LogP contribution in [0.3, 0.4) is 0 Å². The standard InChI is InChI=1S/C27H34FN5O5/c1-38-16-15-31(18-20-3-9-23(10-4-20)33(36)37)24-17-25(27(35)30-13-2-11-29-12-14-30)32(19-24)26(34)21-5-7-22(28)8-6-21/h3-10,24-25,29H,2,11-19H2,1H3. The number of nitrogens with one attached hydrogen (secondary N) is 1. The average molecular weight is 528 g/mol. The molecule has 2 saturated heterocycles. The number of carbonyl (C=O) groups is 2. The third kappa shape index (κ3) is 6.72. The van der Waals surface area contributed by atoms with E-state index in [1.165, 1.54) is 36.4 Å². The summed E-state index contributed by atoms with van der Waals surface area (Å²) in [5.74, 6) is -0.811. The van der Waals surface area contributed by atoms with E-state index in [-0.39, 0.29) is 23.5 Å². The minimum atomic E-state index is -0.641. The molecule has 11 heteroatoms. The number of hydrogen-bond acceptors (Lipinski definition) is 7. The van der Waals surface area contributed by atoms with Crippen molar-refractivity contribution in [3.63, 3.8) is 0 Å². The van der Waals surface area contributed by atoms with Gasteiger partial charge in [0.15, 0.2) is 0 Å².